The number of rotatable bonds is 1. The molecule has 0 saturated carbocycles. The first-order valence-electron chi connectivity index (χ1n) is 7.76. The summed E-state index contributed by atoms with van der Waals surface area (Å²) in [6.07, 6.45) is -4.87. The molecule has 0 unspecified atom stereocenters. The summed E-state index contributed by atoms with van der Waals surface area (Å²) in [7, 11) is 0. The van der Waals surface area contributed by atoms with Gasteiger partial charge in [-0.2, -0.15) is 13.2 Å². The van der Waals surface area contributed by atoms with Gasteiger partial charge in [0.25, 0.3) is 5.91 Å². The quantitative estimate of drug-likeness (QED) is 0.787. The molecule has 0 N–H and O–H groups in total. The first-order valence-corrected chi connectivity index (χ1v) is 7.76. The summed E-state index contributed by atoms with van der Waals surface area (Å²) in [5.74, 6) is -2.07. The van der Waals surface area contributed by atoms with Crippen molar-refractivity contribution in [2.24, 2.45) is 0 Å². The summed E-state index contributed by atoms with van der Waals surface area (Å²) in [4.78, 5) is 25.9. The van der Waals surface area contributed by atoms with E-state index in [9.17, 15) is 22.8 Å². The number of alkyl halides is 3. The molecule has 4 nitrogen and oxygen atoms in total. The highest BCUT2D eigenvalue weighted by Gasteiger charge is 2.43. The number of halogens is 3. The highest BCUT2D eigenvalue weighted by Crippen LogP contribution is 2.23. The van der Waals surface area contributed by atoms with E-state index in [1.165, 1.54) is 4.90 Å². The molecule has 132 valence electrons. The zero-order valence-corrected chi connectivity index (χ0v) is 14.0. The first-order chi connectivity index (χ1) is 11.0. The van der Waals surface area contributed by atoms with E-state index in [0.29, 0.717) is 5.56 Å². The van der Waals surface area contributed by atoms with Crippen molar-refractivity contribution < 1.29 is 22.8 Å². The minimum absolute atomic E-state index is 0.0227. The summed E-state index contributed by atoms with van der Waals surface area (Å²) in [5, 5.41) is 0. The molecule has 0 aromatic heterocycles. The number of benzene rings is 1. The second-order valence-corrected chi connectivity index (χ2v) is 6.91. The highest BCUT2D eigenvalue weighted by molar-refractivity contribution is 5.94. The lowest BCUT2D eigenvalue weighted by molar-refractivity contribution is -0.186. The van der Waals surface area contributed by atoms with Crippen molar-refractivity contribution in [1.29, 1.82) is 0 Å². The predicted molar refractivity (Wildman–Crippen MR) is 83.7 cm³/mol. The topological polar surface area (TPSA) is 40.6 Å². The summed E-state index contributed by atoms with van der Waals surface area (Å²) < 4.78 is 37.3. The van der Waals surface area contributed by atoms with E-state index in [0.717, 1.165) is 10.5 Å². The number of carbonyl (C=O) groups excluding carboxylic acids is 2. The molecule has 0 radical (unpaired) electrons. The molecule has 0 bridgehead atoms. The van der Waals surface area contributed by atoms with Crippen LogP contribution in [0.15, 0.2) is 24.3 Å². The molecular formula is C17H21F3N2O2. The molecule has 24 heavy (non-hydrogen) atoms. The van der Waals surface area contributed by atoms with E-state index in [1.807, 2.05) is 12.1 Å². The number of amides is 2. The Morgan fingerprint density at radius 2 is 1.33 bits per heavy atom. The largest absolute Gasteiger partial charge is 0.471 e. The van der Waals surface area contributed by atoms with Crippen LogP contribution < -0.4 is 0 Å². The van der Waals surface area contributed by atoms with Crippen molar-refractivity contribution in [1.82, 2.24) is 9.80 Å². The van der Waals surface area contributed by atoms with Gasteiger partial charge in [-0.3, -0.25) is 9.59 Å². The Labute approximate surface area is 139 Å². The van der Waals surface area contributed by atoms with Gasteiger partial charge in [-0.15, -0.1) is 0 Å². The van der Waals surface area contributed by atoms with Gasteiger partial charge in [-0.05, 0) is 23.1 Å². The normalized spacial score (nSPS) is 16.2. The third-order valence-corrected chi connectivity index (χ3v) is 4.09. The molecule has 2 amide bonds. The van der Waals surface area contributed by atoms with Crippen molar-refractivity contribution in [2.45, 2.75) is 32.4 Å². The van der Waals surface area contributed by atoms with E-state index in [-0.39, 0.29) is 37.5 Å². The van der Waals surface area contributed by atoms with Gasteiger partial charge in [0, 0.05) is 31.7 Å². The summed E-state index contributed by atoms with van der Waals surface area (Å²) >= 11 is 0. The van der Waals surface area contributed by atoms with Crippen LogP contribution in [-0.2, 0) is 10.2 Å². The maximum absolute atomic E-state index is 12.4. The summed E-state index contributed by atoms with van der Waals surface area (Å²) in [6.45, 7) is 6.19. The molecule has 0 atom stereocenters. The second-order valence-electron chi connectivity index (χ2n) is 6.91. The minimum Gasteiger partial charge on any atom is -0.335 e. The monoisotopic (exact) mass is 342 g/mol. The van der Waals surface area contributed by atoms with Gasteiger partial charge in [0.05, 0.1) is 0 Å². The Balaban J connectivity index is 1.99. The van der Waals surface area contributed by atoms with E-state index in [4.69, 9.17) is 0 Å². The van der Waals surface area contributed by atoms with Crippen molar-refractivity contribution in [3.05, 3.63) is 35.4 Å². The van der Waals surface area contributed by atoms with Crippen molar-refractivity contribution in [2.75, 3.05) is 26.2 Å². The average molecular weight is 342 g/mol. The fraction of sp³-hybridized carbons (Fsp3) is 0.529. The molecule has 1 saturated heterocycles. The summed E-state index contributed by atoms with van der Waals surface area (Å²) in [6, 6.07) is 7.24. The van der Waals surface area contributed by atoms with Gasteiger partial charge in [-0.25, -0.2) is 0 Å². The Kier molecular flexibility index (Phi) is 4.92. The van der Waals surface area contributed by atoms with E-state index < -0.39 is 12.1 Å². The lowest BCUT2D eigenvalue weighted by atomic mass is 9.86. The number of piperazine rings is 1. The molecule has 7 heteroatoms. The van der Waals surface area contributed by atoms with Crippen LogP contribution in [-0.4, -0.2) is 54.0 Å². The van der Waals surface area contributed by atoms with Crippen LogP contribution >= 0.6 is 0 Å². The average Bonchev–Trinajstić information content (AvgIpc) is 2.52. The SMILES string of the molecule is CC(C)(C)c1ccc(C(=O)N2CCN(C(=O)C(F)(F)F)CC2)cc1. The van der Waals surface area contributed by atoms with Crippen LogP contribution in [0.4, 0.5) is 13.2 Å². The molecule has 1 aromatic carbocycles. The van der Waals surface area contributed by atoms with Crippen LogP contribution in [0.3, 0.4) is 0 Å². The zero-order chi connectivity index (χ0) is 18.1. The Morgan fingerprint density at radius 3 is 1.75 bits per heavy atom. The smallest absolute Gasteiger partial charge is 0.335 e. The Morgan fingerprint density at radius 1 is 0.875 bits per heavy atom. The standard InChI is InChI=1S/C17H21F3N2O2/c1-16(2,3)13-6-4-12(5-7-13)14(23)21-8-10-22(11-9-21)15(24)17(18,19)20/h4-7H,8-11H2,1-3H3. The lowest BCUT2D eigenvalue weighted by Crippen LogP contribution is -2.53. The number of nitrogens with zero attached hydrogens (tertiary/aromatic N) is 2. The number of carbonyl (C=O) groups is 2. The van der Waals surface area contributed by atoms with E-state index >= 15 is 0 Å². The maximum Gasteiger partial charge on any atom is 0.471 e. The molecule has 1 fully saturated rings. The van der Waals surface area contributed by atoms with E-state index in [2.05, 4.69) is 20.8 Å². The third kappa shape index (κ3) is 4.07. The van der Waals surface area contributed by atoms with Gasteiger partial charge in [0.2, 0.25) is 0 Å². The second kappa shape index (κ2) is 6.45. The summed E-state index contributed by atoms with van der Waals surface area (Å²) in [5.41, 5.74) is 1.57. The molecule has 1 aromatic rings. The van der Waals surface area contributed by atoms with Crippen LogP contribution in [0, 0.1) is 0 Å². The molecule has 0 spiro atoms. The lowest BCUT2D eigenvalue weighted by Gasteiger charge is -2.35. The van der Waals surface area contributed by atoms with Gasteiger partial charge in [-0.1, -0.05) is 32.9 Å². The van der Waals surface area contributed by atoms with Crippen molar-refractivity contribution in [3.63, 3.8) is 0 Å². The fourth-order valence-electron chi connectivity index (χ4n) is 2.59. The van der Waals surface area contributed by atoms with Crippen LogP contribution in [0.1, 0.15) is 36.7 Å². The van der Waals surface area contributed by atoms with E-state index in [1.54, 1.807) is 12.1 Å². The number of hydrogen-bond acceptors (Lipinski definition) is 2. The predicted octanol–water partition coefficient (Wildman–Crippen LogP) is 2.83. The molecule has 0 aliphatic carbocycles. The molecule has 1 aliphatic rings. The van der Waals surface area contributed by atoms with Crippen molar-refractivity contribution >= 4 is 11.8 Å². The minimum atomic E-state index is -4.87. The van der Waals surface area contributed by atoms with Gasteiger partial charge in [0.1, 0.15) is 0 Å². The number of hydrogen-bond donors (Lipinski definition) is 0. The maximum atomic E-state index is 12.4. The van der Waals surface area contributed by atoms with Crippen LogP contribution in [0.2, 0.25) is 0 Å². The molecule has 1 heterocycles. The fourth-order valence-corrected chi connectivity index (χ4v) is 2.59. The van der Waals surface area contributed by atoms with Crippen LogP contribution in [0.25, 0.3) is 0 Å². The Bertz CT molecular complexity index is 610. The van der Waals surface area contributed by atoms with Gasteiger partial charge < -0.3 is 9.80 Å². The van der Waals surface area contributed by atoms with Crippen molar-refractivity contribution in [3.8, 4) is 0 Å². The van der Waals surface area contributed by atoms with Crippen LogP contribution in [0.5, 0.6) is 0 Å². The first kappa shape index (κ1) is 18.3. The van der Waals surface area contributed by atoms with Gasteiger partial charge in [0.15, 0.2) is 0 Å². The highest BCUT2D eigenvalue weighted by atomic mass is 19.4. The molecule has 1 aliphatic heterocycles. The van der Waals surface area contributed by atoms with Gasteiger partial charge >= 0.3 is 12.1 Å². The molecular weight excluding hydrogens is 321 g/mol. The molecule has 2 rings (SSSR count). The zero-order valence-electron chi connectivity index (χ0n) is 14.0. The Hall–Kier alpha value is -2.05. The third-order valence-electron chi connectivity index (χ3n) is 4.09.